The highest BCUT2D eigenvalue weighted by molar-refractivity contribution is 7.16. The Kier molecular flexibility index (Phi) is 10.9. The SMILES string of the molecule is COC(=O)c1nc(NC(=O)[C@@H](CC(C)C)Nc2ccc3c(cc2=O)[C@H](NC(C)=O)CCc2cc(OC)c(OC)c(OC)c2-3)sc1C. The van der Waals surface area contributed by atoms with Crippen molar-refractivity contribution in [3.63, 3.8) is 0 Å². The molecule has 46 heavy (non-hydrogen) atoms. The largest absolute Gasteiger partial charge is 0.493 e. The monoisotopic (exact) mass is 652 g/mol. The number of methoxy groups -OCH3 is 4. The third-order valence-electron chi connectivity index (χ3n) is 7.67. The predicted molar refractivity (Wildman–Crippen MR) is 176 cm³/mol. The van der Waals surface area contributed by atoms with Gasteiger partial charge in [-0.15, -0.1) is 11.3 Å². The summed E-state index contributed by atoms with van der Waals surface area (Å²) >= 11 is 1.16. The van der Waals surface area contributed by atoms with Crippen molar-refractivity contribution in [1.82, 2.24) is 10.3 Å². The van der Waals surface area contributed by atoms with Crippen molar-refractivity contribution >= 4 is 39.9 Å². The Bertz CT molecular complexity index is 1700. The molecule has 3 N–H and O–H groups in total. The van der Waals surface area contributed by atoms with E-state index in [1.54, 1.807) is 26.2 Å². The molecule has 0 saturated carbocycles. The lowest BCUT2D eigenvalue weighted by Crippen LogP contribution is -2.37. The average molecular weight is 653 g/mol. The number of fused-ring (bicyclic) bond motifs is 3. The zero-order chi connectivity index (χ0) is 33.7. The van der Waals surface area contributed by atoms with E-state index in [0.29, 0.717) is 52.5 Å². The van der Waals surface area contributed by atoms with Gasteiger partial charge in [0.2, 0.25) is 23.0 Å². The molecule has 13 heteroatoms. The highest BCUT2D eigenvalue weighted by Crippen LogP contribution is 2.50. The van der Waals surface area contributed by atoms with Crippen LogP contribution in [0.3, 0.4) is 0 Å². The second kappa shape index (κ2) is 14.6. The molecule has 0 bridgehead atoms. The lowest BCUT2D eigenvalue weighted by molar-refractivity contribution is -0.120. The van der Waals surface area contributed by atoms with Gasteiger partial charge in [-0.05, 0) is 67.0 Å². The molecule has 0 spiro atoms. The van der Waals surface area contributed by atoms with Gasteiger partial charge in [-0.1, -0.05) is 19.9 Å². The van der Waals surface area contributed by atoms with Gasteiger partial charge in [0.15, 0.2) is 22.3 Å². The summed E-state index contributed by atoms with van der Waals surface area (Å²) in [5, 5.41) is 9.19. The fourth-order valence-corrected chi connectivity index (χ4v) is 6.45. The highest BCUT2D eigenvalue weighted by atomic mass is 32.1. The topological polar surface area (TPSA) is 154 Å². The highest BCUT2D eigenvalue weighted by Gasteiger charge is 2.30. The summed E-state index contributed by atoms with van der Waals surface area (Å²) in [6, 6.07) is 5.54. The second-order valence-electron chi connectivity index (χ2n) is 11.3. The third kappa shape index (κ3) is 7.25. The van der Waals surface area contributed by atoms with Crippen LogP contribution in [0, 0.1) is 12.8 Å². The molecule has 0 aliphatic heterocycles. The van der Waals surface area contributed by atoms with E-state index in [-0.39, 0.29) is 33.8 Å². The average Bonchev–Trinajstić information content (AvgIpc) is 3.22. The van der Waals surface area contributed by atoms with Crippen LogP contribution in [0.2, 0.25) is 0 Å². The van der Waals surface area contributed by atoms with Crippen LogP contribution in [-0.2, 0) is 20.7 Å². The second-order valence-corrected chi connectivity index (χ2v) is 12.5. The number of ether oxygens (including phenoxy) is 4. The summed E-state index contributed by atoms with van der Waals surface area (Å²) in [4.78, 5) is 56.5. The number of rotatable bonds is 11. The van der Waals surface area contributed by atoms with E-state index in [9.17, 15) is 19.2 Å². The number of anilines is 2. The van der Waals surface area contributed by atoms with E-state index >= 15 is 0 Å². The number of amides is 2. The minimum atomic E-state index is -0.807. The Morgan fingerprint density at radius 2 is 1.76 bits per heavy atom. The first-order valence-electron chi connectivity index (χ1n) is 14.8. The maximum atomic E-state index is 13.8. The number of nitrogens with one attached hydrogen (secondary N) is 3. The maximum absolute atomic E-state index is 13.8. The molecule has 1 heterocycles. The van der Waals surface area contributed by atoms with Gasteiger partial charge in [0.05, 0.1) is 40.2 Å². The smallest absolute Gasteiger partial charge is 0.357 e. The third-order valence-corrected chi connectivity index (χ3v) is 8.56. The molecule has 3 aromatic rings. The number of thiazole rings is 1. The van der Waals surface area contributed by atoms with Crippen molar-refractivity contribution in [2.75, 3.05) is 39.1 Å². The maximum Gasteiger partial charge on any atom is 0.357 e. The van der Waals surface area contributed by atoms with Crippen LogP contribution >= 0.6 is 11.3 Å². The lowest BCUT2D eigenvalue weighted by atomic mass is 9.95. The molecule has 4 rings (SSSR count). The number of hydrogen-bond donors (Lipinski definition) is 3. The van der Waals surface area contributed by atoms with Gasteiger partial charge in [0.25, 0.3) is 0 Å². The van der Waals surface area contributed by atoms with Crippen molar-refractivity contribution < 1.29 is 33.3 Å². The zero-order valence-corrected chi connectivity index (χ0v) is 28.1. The summed E-state index contributed by atoms with van der Waals surface area (Å²) in [5.74, 6) is 0.207. The number of hydrogen-bond acceptors (Lipinski definition) is 11. The number of carbonyl (C=O) groups is 3. The van der Waals surface area contributed by atoms with E-state index in [4.69, 9.17) is 18.9 Å². The summed E-state index contributed by atoms with van der Waals surface area (Å²) in [5.41, 5.74) is 2.87. The molecule has 0 saturated heterocycles. The van der Waals surface area contributed by atoms with Crippen molar-refractivity contribution in [3.8, 4) is 28.4 Å². The van der Waals surface area contributed by atoms with E-state index in [2.05, 4.69) is 20.9 Å². The standard InChI is InChI=1S/C33H40N4O8S/c1-16(2)13-24(31(40)37-33-36-28(17(3)46-33)32(41)45-8)35-23-12-10-20-21(15-25(23)39)22(34-18(4)38)11-9-19-14-26(42-5)29(43-6)30(44-7)27(19)20/h10,12,14-16,22,24H,9,11,13H2,1-8H3,(H,34,38)(H,35,39)(H,36,37,40)/t22-,24-/m1/s1. The van der Waals surface area contributed by atoms with Gasteiger partial charge in [-0.3, -0.25) is 14.4 Å². The molecule has 0 unspecified atom stereocenters. The fraction of sp³-hybridized carbons (Fsp3) is 0.424. The van der Waals surface area contributed by atoms with Gasteiger partial charge in [0.1, 0.15) is 6.04 Å². The van der Waals surface area contributed by atoms with Crippen LogP contribution in [0.1, 0.15) is 66.1 Å². The van der Waals surface area contributed by atoms with Crippen LogP contribution in [-0.4, -0.2) is 57.2 Å². The minimum absolute atomic E-state index is 0.0962. The first kappa shape index (κ1) is 34.2. The van der Waals surface area contributed by atoms with Gasteiger partial charge in [-0.25, -0.2) is 9.78 Å². The van der Waals surface area contributed by atoms with Crippen LogP contribution in [0.25, 0.3) is 11.1 Å². The molecule has 1 aliphatic rings. The molecular formula is C33H40N4O8S. The Labute approximate surface area is 271 Å². The van der Waals surface area contributed by atoms with Crippen molar-refractivity contribution in [2.24, 2.45) is 5.92 Å². The number of esters is 1. The normalized spacial score (nSPS) is 14.2. The van der Waals surface area contributed by atoms with Crippen LogP contribution < -0.4 is 35.6 Å². The van der Waals surface area contributed by atoms with Crippen LogP contribution in [0.15, 0.2) is 29.1 Å². The minimum Gasteiger partial charge on any atom is -0.493 e. The first-order chi connectivity index (χ1) is 21.9. The van der Waals surface area contributed by atoms with Crippen molar-refractivity contribution in [2.45, 2.75) is 59.0 Å². The molecule has 246 valence electrons. The Hall–Kier alpha value is -4.65. The van der Waals surface area contributed by atoms with Gasteiger partial charge >= 0.3 is 5.97 Å². The van der Waals surface area contributed by atoms with Crippen molar-refractivity contribution in [3.05, 3.63) is 56.2 Å². The van der Waals surface area contributed by atoms with E-state index in [0.717, 1.165) is 22.5 Å². The molecule has 1 aliphatic carbocycles. The summed E-state index contributed by atoms with van der Waals surface area (Å²) in [7, 11) is 5.88. The summed E-state index contributed by atoms with van der Waals surface area (Å²) < 4.78 is 21.9. The Balaban J connectivity index is 1.81. The molecule has 0 fully saturated rings. The number of carbonyl (C=O) groups excluding carboxylic acids is 3. The van der Waals surface area contributed by atoms with Crippen LogP contribution in [0.4, 0.5) is 10.8 Å². The molecule has 12 nitrogen and oxygen atoms in total. The first-order valence-corrected chi connectivity index (χ1v) is 15.6. The van der Waals surface area contributed by atoms with Gasteiger partial charge in [-0.2, -0.15) is 0 Å². The molecule has 2 amide bonds. The van der Waals surface area contributed by atoms with Crippen molar-refractivity contribution in [1.29, 1.82) is 0 Å². The van der Waals surface area contributed by atoms with E-state index in [1.807, 2.05) is 19.9 Å². The number of benzene rings is 1. The van der Waals surface area contributed by atoms with E-state index < -0.39 is 24.0 Å². The summed E-state index contributed by atoms with van der Waals surface area (Å²) in [6.07, 6.45) is 1.49. The number of aromatic nitrogens is 1. The number of aryl methyl sites for hydroxylation is 2. The lowest BCUT2D eigenvalue weighted by Gasteiger charge is -2.20. The van der Waals surface area contributed by atoms with Gasteiger partial charge < -0.3 is 34.9 Å². The Morgan fingerprint density at radius 3 is 2.37 bits per heavy atom. The van der Waals surface area contributed by atoms with Crippen LogP contribution in [0.5, 0.6) is 17.2 Å². The Morgan fingerprint density at radius 1 is 1.04 bits per heavy atom. The fourth-order valence-electron chi connectivity index (χ4n) is 5.65. The molecule has 2 aromatic carbocycles. The predicted octanol–water partition coefficient (Wildman–Crippen LogP) is 4.88. The molecule has 0 radical (unpaired) electrons. The number of nitrogens with zero attached hydrogens (tertiary/aromatic N) is 1. The molecule has 2 atom stereocenters. The zero-order valence-electron chi connectivity index (χ0n) is 27.3. The molecule has 1 aromatic heterocycles. The summed E-state index contributed by atoms with van der Waals surface area (Å²) in [6.45, 7) is 7.10. The van der Waals surface area contributed by atoms with Gasteiger partial charge in [0, 0.05) is 17.4 Å². The van der Waals surface area contributed by atoms with E-state index in [1.165, 1.54) is 34.3 Å². The quantitative estimate of drug-likeness (QED) is 0.244. The molecular weight excluding hydrogens is 612 g/mol.